The zero-order chi connectivity index (χ0) is 6.08. The normalized spacial score (nSPS) is 9.88. The van der Waals surface area contributed by atoms with Crippen LogP contribution in [0.1, 0.15) is 1.43 Å². The Morgan fingerprint density at radius 1 is 1.50 bits per heavy atom. The van der Waals surface area contributed by atoms with Crippen LogP contribution in [0.5, 0.6) is 0 Å². The highest BCUT2D eigenvalue weighted by Gasteiger charge is 2.38. The minimum Gasteiger partial charge on any atom is -1.00 e. The molecule has 0 aliphatic carbocycles. The van der Waals surface area contributed by atoms with Gasteiger partial charge in [0.05, 0.1) is 0 Å². The molecule has 0 bridgehead atoms. The van der Waals surface area contributed by atoms with Gasteiger partial charge >= 0.3 is 13.6 Å². The minimum absolute atomic E-state index is 0. The van der Waals surface area contributed by atoms with E-state index in [0.717, 1.165) is 0 Å². The third kappa shape index (κ3) is 3.73. The SMILES string of the molecule is O=C(O)C(F)(F)F.[Cl-].[H+]. The van der Waals surface area contributed by atoms with Gasteiger partial charge in [0.25, 0.3) is 0 Å². The van der Waals surface area contributed by atoms with E-state index in [9.17, 15) is 13.2 Å². The quantitative estimate of drug-likeness (QED) is 0.424. The van der Waals surface area contributed by atoms with Crippen LogP contribution in [-0.2, 0) is 4.79 Å². The molecule has 0 heterocycles. The average Bonchev–Trinajstić information content (AvgIpc) is 1.31. The van der Waals surface area contributed by atoms with Gasteiger partial charge in [-0.05, 0) is 0 Å². The molecule has 50 valence electrons. The third-order valence-electron chi connectivity index (χ3n) is 0.243. The molecule has 0 radical (unpaired) electrons. The van der Waals surface area contributed by atoms with Gasteiger partial charge < -0.3 is 17.5 Å². The lowest BCUT2D eigenvalue weighted by Crippen LogP contribution is -3.00. The second-order valence-corrected chi connectivity index (χ2v) is 0.803. The van der Waals surface area contributed by atoms with Crippen LogP contribution < -0.4 is 12.4 Å². The van der Waals surface area contributed by atoms with Crippen molar-refractivity contribution in [2.75, 3.05) is 0 Å². The molecule has 0 saturated heterocycles. The first-order valence-electron chi connectivity index (χ1n) is 1.24. The van der Waals surface area contributed by atoms with E-state index >= 15 is 0 Å². The summed E-state index contributed by atoms with van der Waals surface area (Å²) in [6.07, 6.45) is -5.08. The minimum atomic E-state index is -5.08. The molecule has 8 heavy (non-hydrogen) atoms. The molecular formula is C2H2ClF3O2. The van der Waals surface area contributed by atoms with E-state index in [4.69, 9.17) is 9.90 Å². The maximum absolute atomic E-state index is 10.6. The van der Waals surface area contributed by atoms with Crippen molar-refractivity contribution in [3.05, 3.63) is 0 Å². The zero-order valence-corrected chi connectivity index (χ0v) is 4.12. The number of carbonyl (C=O) groups is 1. The highest BCUT2D eigenvalue weighted by atomic mass is 35.5. The third-order valence-corrected chi connectivity index (χ3v) is 0.243. The molecule has 2 nitrogen and oxygen atoms in total. The largest absolute Gasteiger partial charge is 1.00 e. The van der Waals surface area contributed by atoms with E-state index in [1.807, 2.05) is 0 Å². The Balaban J connectivity index is -0.000000180. The van der Waals surface area contributed by atoms with Crippen molar-refractivity contribution in [1.82, 2.24) is 0 Å². The molecule has 0 aromatic carbocycles. The molecule has 0 fully saturated rings. The molecule has 0 atom stereocenters. The van der Waals surface area contributed by atoms with Gasteiger partial charge in [-0.3, -0.25) is 0 Å². The van der Waals surface area contributed by atoms with Gasteiger partial charge in [-0.25, -0.2) is 4.79 Å². The highest BCUT2D eigenvalue weighted by molar-refractivity contribution is 5.73. The fourth-order valence-corrected chi connectivity index (χ4v) is 0. The summed E-state index contributed by atoms with van der Waals surface area (Å²) in [5.41, 5.74) is 0. The summed E-state index contributed by atoms with van der Waals surface area (Å²) in [6, 6.07) is 0. The molecule has 0 aromatic heterocycles. The van der Waals surface area contributed by atoms with Crippen molar-refractivity contribution in [1.29, 1.82) is 0 Å². The molecule has 0 aliphatic heterocycles. The van der Waals surface area contributed by atoms with E-state index in [2.05, 4.69) is 0 Å². The Morgan fingerprint density at radius 3 is 1.62 bits per heavy atom. The number of hydrogen-bond donors (Lipinski definition) is 1. The van der Waals surface area contributed by atoms with E-state index in [0.29, 0.717) is 0 Å². The fraction of sp³-hybridized carbons (Fsp3) is 0.500. The summed E-state index contributed by atoms with van der Waals surface area (Å²) in [6.45, 7) is 0. The van der Waals surface area contributed by atoms with E-state index in [1.54, 1.807) is 0 Å². The van der Waals surface area contributed by atoms with Gasteiger partial charge in [0.1, 0.15) is 0 Å². The lowest BCUT2D eigenvalue weighted by Gasteiger charge is -1.93. The van der Waals surface area contributed by atoms with Crippen LogP contribution in [0.2, 0.25) is 0 Å². The molecule has 0 saturated carbocycles. The van der Waals surface area contributed by atoms with Crippen molar-refractivity contribution >= 4 is 5.97 Å². The van der Waals surface area contributed by atoms with Crippen molar-refractivity contribution in [2.45, 2.75) is 6.18 Å². The smallest absolute Gasteiger partial charge is 1.00 e. The maximum atomic E-state index is 10.6. The Bertz CT molecular complexity index is 92.3. The van der Waals surface area contributed by atoms with Crippen molar-refractivity contribution in [3.8, 4) is 0 Å². The summed E-state index contributed by atoms with van der Waals surface area (Å²) in [5.74, 6) is -2.76. The lowest BCUT2D eigenvalue weighted by molar-refractivity contribution is -0.192. The molecule has 0 aromatic rings. The van der Waals surface area contributed by atoms with Crippen LogP contribution >= 0.6 is 0 Å². The zero-order valence-electron chi connectivity index (χ0n) is 4.37. The molecule has 6 heteroatoms. The number of hydrogen-bond acceptors (Lipinski definition) is 1. The second kappa shape index (κ2) is 2.76. The van der Waals surface area contributed by atoms with Crippen LogP contribution in [0.15, 0.2) is 0 Å². The monoisotopic (exact) mass is 150 g/mol. The molecule has 0 amide bonds. The first-order chi connectivity index (χ1) is 2.94. The summed E-state index contributed by atoms with van der Waals surface area (Å²) < 4.78 is 31.7. The van der Waals surface area contributed by atoms with Crippen LogP contribution in [0.25, 0.3) is 0 Å². The van der Waals surface area contributed by atoms with Crippen LogP contribution in [0.4, 0.5) is 13.2 Å². The standard InChI is InChI=1S/C2HF3O2.ClH/c3-2(4,5)1(6)7;/h(H,6,7);1H. The summed E-state index contributed by atoms with van der Waals surface area (Å²) in [4.78, 5) is 8.90. The molecule has 0 unspecified atom stereocenters. The maximum Gasteiger partial charge on any atom is 1.00 e. The van der Waals surface area contributed by atoms with Crippen LogP contribution in [0, 0.1) is 0 Å². The molecule has 1 N–H and O–H groups in total. The molecular weight excluding hydrogens is 148 g/mol. The molecule has 0 aliphatic rings. The van der Waals surface area contributed by atoms with Gasteiger partial charge in [0.15, 0.2) is 0 Å². The Labute approximate surface area is 50.2 Å². The number of carboxylic acids is 1. The lowest BCUT2D eigenvalue weighted by atomic mass is 10.7. The first-order valence-corrected chi connectivity index (χ1v) is 1.24. The summed E-state index contributed by atoms with van der Waals surface area (Å²) >= 11 is 0. The van der Waals surface area contributed by atoms with E-state index < -0.39 is 12.1 Å². The highest BCUT2D eigenvalue weighted by Crippen LogP contribution is 2.13. The predicted octanol–water partition coefficient (Wildman–Crippen LogP) is -2.25. The van der Waals surface area contributed by atoms with Gasteiger partial charge in [0.2, 0.25) is 0 Å². The number of halogens is 4. The Kier molecular flexibility index (Phi) is 3.63. The molecule has 0 rings (SSSR count). The summed E-state index contributed by atoms with van der Waals surface area (Å²) in [7, 11) is 0. The number of rotatable bonds is 0. The van der Waals surface area contributed by atoms with Crippen LogP contribution in [-0.4, -0.2) is 17.3 Å². The average molecular weight is 150 g/mol. The van der Waals surface area contributed by atoms with Gasteiger partial charge in [-0.15, -0.1) is 0 Å². The fourth-order valence-electron chi connectivity index (χ4n) is 0. The first kappa shape index (κ1) is 10.5. The topological polar surface area (TPSA) is 37.3 Å². The van der Waals surface area contributed by atoms with Crippen molar-refractivity contribution < 1.29 is 36.9 Å². The van der Waals surface area contributed by atoms with Gasteiger partial charge in [-0.2, -0.15) is 13.2 Å². The molecule has 0 spiro atoms. The van der Waals surface area contributed by atoms with Crippen molar-refractivity contribution in [3.63, 3.8) is 0 Å². The number of aliphatic carboxylic acids is 1. The predicted molar refractivity (Wildman–Crippen MR) is 14.8 cm³/mol. The van der Waals surface area contributed by atoms with Crippen molar-refractivity contribution in [2.24, 2.45) is 0 Å². The number of carboxylic acid groups (broad SMARTS) is 1. The van der Waals surface area contributed by atoms with E-state index in [-0.39, 0.29) is 13.8 Å². The Hall–Kier alpha value is -0.450. The summed E-state index contributed by atoms with van der Waals surface area (Å²) in [5, 5.41) is 7.12. The number of alkyl halides is 3. The second-order valence-electron chi connectivity index (χ2n) is 0.803. The van der Waals surface area contributed by atoms with Gasteiger partial charge in [-0.1, -0.05) is 0 Å². The Morgan fingerprint density at radius 2 is 1.62 bits per heavy atom. The van der Waals surface area contributed by atoms with Crippen LogP contribution in [0.3, 0.4) is 0 Å². The van der Waals surface area contributed by atoms with E-state index in [1.165, 1.54) is 0 Å². The van der Waals surface area contributed by atoms with Gasteiger partial charge in [0, 0.05) is 0 Å².